The summed E-state index contributed by atoms with van der Waals surface area (Å²) in [5.74, 6) is 0.668. The van der Waals surface area contributed by atoms with Crippen molar-refractivity contribution in [3.8, 4) is 0 Å². The van der Waals surface area contributed by atoms with E-state index in [-0.39, 0.29) is 11.9 Å². The summed E-state index contributed by atoms with van der Waals surface area (Å²) in [5.41, 5.74) is 1.61. The van der Waals surface area contributed by atoms with Gasteiger partial charge in [0.1, 0.15) is 5.51 Å². The van der Waals surface area contributed by atoms with Crippen LogP contribution in [0.15, 0.2) is 5.51 Å². The summed E-state index contributed by atoms with van der Waals surface area (Å²) in [7, 11) is 0. The highest BCUT2D eigenvalue weighted by molar-refractivity contribution is 7.13. The van der Waals surface area contributed by atoms with Crippen LogP contribution in [0.4, 0.5) is 5.13 Å². The molecule has 1 saturated heterocycles. The number of hydrogen-bond donors (Lipinski definition) is 2. The highest BCUT2D eigenvalue weighted by atomic mass is 32.1. The van der Waals surface area contributed by atoms with Crippen molar-refractivity contribution in [3.63, 3.8) is 0 Å². The van der Waals surface area contributed by atoms with Crippen molar-refractivity contribution in [2.24, 2.45) is 5.92 Å². The van der Waals surface area contributed by atoms with Crippen molar-refractivity contribution in [1.82, 2.24) is 15.5 Å². The minimum absolute atomic E-state index is 0.00917. The Morgan fingerprint density at radius 1 is 1.75 bits per heavy atom. The van der Waals surface area contributed by atoms with Crippen LogP contribution in [0.3, 0.4) is 0 Å². The molecule has 1 aromatic heterocycles. The molecule has 2 heterocycles. The zero-order chi connectivity index (χ0) is 11.4. The summed E-state index contributed by atoms with van der Waals surface area (Å²) in [6.45, 7) is 3.10. The number of nitrogens with zero attached hydrogens (tertiary/aromatic N) is 2. The van der Waals surface area contributed by atoms with Crippen LogP contribution in [0, 0.1) is 5.92 Å². The zero-order valence-electron chi connectivity index (χ0n) is 9.27. The highest BCUT2D eigenvalue weighted by Gasteiger charge is 2.26. The van der Waals surface area contributed by atoms with Gasteiger partial charge in [-0.15, -0.1) is 10.2 Å². The van der Waals surface area contributed by atoms with Crippen LogP contribution in [0.5, 0.6) is 0 Å². The third kappa shape index (κ3) is 2.76. The van der Waals surface area contributed by atoms with Gasteiger partial charge in [-0.25, -0.2) is 0 Å². The molecule has 6 heteroatoms. The third-order valence-electron chi connectivity index (χ3n) is 3.00. The summed E-state index contributed by atoms with van der Waals surface area (Å²) in [4.78, 5) is 11.9. The van der Waals surface area contributed by atoms with Crippen LogP contribution >= 0.6 is 11.3 Å². The molecule has 0 aliphatic carbocycles. The Labute approximate surface area is 98.7 Å². The molecule has 2 rings (SSSR count). The second-order valence-corrected chi connectivity index (χ2v) is 4.87. The number of carbonyl (C=O) groups is 1. The largest absolute Gasteiger partial charge is 0.306 e. The molecule has 1 aliphatic rings. The van der Waals surface area contributed by atoms with Crippen LogP contribution in [0.1, 0.15) is 26.2 Å². The van der Waals surface area contributed by atoms with E-state index in [1.54, 1.807) is 5.51 Å². The van der Waals surface area contributed by atoms with Crippen LogP contribution in [-0.2, 0) is 4.79 Å². The number of aromatic nitrogens is 2. The molecule has 1 aliphatic heterocycles. The van der Waals surface area contributed by atoms with E-state index in [0.29, 0.717) is 11.0 Å². The average molecular weight is 240 g/mol. The Kier molecular flexibility index (Phi) is 3.84. The number of carbonyl (C=O) groups excluding carboxylic acids is 1. The van der Waals surface area contributed by atoms with E-state index in [1.807, 2.05) is 0 Å². The Balaban J connectivity index is 1.89. The quantitative estimate of drug-likeness (QED) is 0.834. The Hall–Kier alpha value is -1.01. The number of amides is 1. The van der Waals surface area contributed by atoms with Crippen molar-refractivity contribution in [2.45, 2.75) is 32.2 Å². The Morgan fingerprint density at radius 2 is 2.62 bits per heavy atom. The summed E-state index contributed by atoms with van der Waals surface area (Å²) in [6, 6.07) is -0.0809. The topological polar surface area (TPSA) is 66.9 Å². The lowest BCUT2D eigenvalue weighted by Crippen LogP contribution is -2.46. The molecule has 0 saturated carbocycles. The van der Waals surface area contributed by atoms with E-state index >= 15 is 0 Å². The molecule has 1 aromatic rings. The number of piperidine rings is 1. The van der Waals surface area contributed by atoms with Crippen molar-refractivity contribution in [2.75, 3.05) is 11.9 Å². The lowest BCUT2D eigenvalue weighted by Gasteiger charge is -2.28. The van der Waals surface area contributed by atoms with Gasteiger partial charge >= 0.3 is 0 Å². The SMILES string of the molecule is CCC1CCNC(C(=O)Nc2nncs2)C1. The molecule has 5 nitrogen and oxygen atoms in total. The first-order valence-electron chi connectivity index (χ1n) is 5.60. The second kappa shape index (κ2) is 5.36. The molecule has 1 fully saturated rings. The lowest BCUT2D eigenvalue weighted by atomic mass is 9.90. The van der Waals surface area contributed by atoms with Gasteiger partial charge in [0.2, 0.25) is 11.0 Å². The predicted octanol–water partition coefficient (Wildman–Crippen LogP) is 1.25. The molecule has 2 unspecified atom stereocenters. The van der Waals surface area contributed by atoms with Gasteiger partial charge < -0.3 is 5.32 Å². The molecule has 1 amide bonds. The molecule has 0 bridgehead atoms. The van der Waals surface area contributed by atoms with Crippen LogP contribution in [-0.4, -0.2) is 28.7 Å². The maximum atomic E-state index is 11.9. The standard InChI is InChI=1S/C10H16N4OS/c1-2-7-3-4-11-8(5-7)9(15)13-10-14-12-6-16-10/h6-8,11H,2-5H2,1H3,(H,13,14,15). The predicted molar refractivity (Wildman–Crippen MR) is 63.3 cm³/mol. The minimum atomic E-state index is -0.0809. The van der Waals surface area contributed by atoms with Crippen LogP contribution < -0.4 is 10.6 Å². The van der Waals surface area contributed by atoms with E-state index in [2.05, 4.69) is 27.8 Å². The highest BCUT2D eigenvalue weighted by Crippen LogP contribution is 2.20. The van der Waals surface area contributed by atoms with Gasteiger partial charge in [-0.2, -0.15) is 0 Å². The van der Waals surface area contributed by atoms with E-state index < -0.39 is 0 Å². The molecule has 2 atom stereocenters. The molecule has 88 valence electrons. The maximum Gasteiger partial charge on any atom is 0.243 e. The minimum Gasteiger partial charge on any atom is -0.306 e. The van der Waals surface area contributed by atoms with E-state index in [4.69, 9.17) is 0 Å². The van der Waals surface area contributed by atoms with Gasteiger partial charge in [0.15, 0.2) is 0 Å². The summed E-state index contributed by atoms with van der Waals surface area (Å²) >= 11 is 1.34. The summed E-state index contributed by atoms with van der Waals surface area (Å²) in [6.07, 6.45) is 3.23. The molecule has 0 radical (unpaired) electrons. The van der Waals surface area contributed by atoms with Crippen LogP contribution in [0.25, 0.3) is 0 Å². The first-order chi connectivity index (χ1) is 7.79. The summed E-state index contributed by atoms with van der Waals surface area (Å²) < 4.78 is 0. The van der Waals surface area contributed by atoms with Gasteiger partial charge in [0, 0.05) is 0 Å². The van der Waals surface area contributed by atoms with Crippen LogP contribution in [0.2, 0.25) is 0 Å². The molecule has 2 N–H and O–H groups in total. The fraction of sp³-hybridized carbons (Fsp3) is 0.700. The second-order valence-electron chi connectivity index (χ2n) is 4.04. The number of hydrogen-bond acceptors (Lipinski definition) is 5. The summed E-state index contributed by atoms with van der Waals surface area (Å²) in [5, 5.41) is 14.1. The number of rotatable bonds is 3. The van der Waals surface area contributed by atoms with Crippen molar-refractivity contribution in [3.05, 3.63) is 5.51 Å². The molecule has 0 spiro atoms. The van der Waals surface area contributed by atoms with Crippen molar-refractivity contribution in [1.29, 1.82) is 0 Å². The molecule has 0 aromatic carbocycles. The third-order valence-corrected chi connectivity index (χ3v) is 3.60. The van der Waals surface area contributed by atoms with Crippen molar-refractivity contribution < 1.29 is 4.79 Å². The smallest absolute Gasteiger partial charge is 0.243 e. The fourth-order valence-electron chi connectivity index (χ4n) is 1.99. The number of anilines is 1. The maximum absolute atomic E-state index is 11.9. The Morgan fingerprint density at radius 3 is 3.31 bits per heavy atom. The lowest BCUT2D eigenvalue weighted by molar-refractivity contribution is -0.119. The molecular formula is C10H16N4OS. The first-order valence-corrected chi connectivity index (χ1v) is 6.48. The van der Waals surface area contributed by atoms with E-state index in [0.717, 1.165) is 19.4 Å². The normalized spacial score (nSPS) is 25.3. The van der Waals surface area contributed by atoms with Gasteiger partial charge in [0.05, 0.1) is 6.04 Å². The molecular weight excluding hydrogens is 224 g/mol. The zero-order valence-corrected chi connectivity index (χ0v) is 10.1. The molecule has 16 heavy (non-hydrogen) atoms. The fourth-order valence-corrected chi connectivity index (χ4v) is 2.43. The monoisotopic (exact) mass is 240 g/mol. The van der Waals surface area contributed by atoms with Gasteiger partial charge in [-0.05, 0) is 25.3 Å². The number of nitrogens with one attached hydrogen (secondary N) is 2. The van der Waals surface area contributed by atoms with E-state index in [1.165, 1.54) is 17.8 Å². The van der Waals surface area contributed by atoms with E-state index in [9.17, 15) is 4.79 Å². The Bertz CT molecular complexity index is 341. The van der Waals surface area contributed by atoms with Crippen molar-refractivity contribution >= 4 is 22.4 Å². The van der Waals surface area contributed by atoms with Gasteiger partial charge in [-0.1, -0.05) is 24.7 Å². The van der Waals surface area contributed by atoms with Gasteiger partial charge in [-0.3, -0.25) is 10.1 Å². The average Bonchev–Trinajstić information content (AvgIpc) is 2.82. The van der Waals surface area contributed by atoms with Gasteiger partial charge in [0.25, 0.3) is 0 Å². The first kappa shape index (κ1) is 11.5.